The van der Waals surface area contributed by atoms with Gasteiger partial charge in [0.25, 0.3) is 0 Å². The highest BCUT2D eigenvalue weighted by Crippen LogP contribution is 2.15. The largest absolute Gasteiger partial charge is 0.392 e. The fourth-order valence-electron chi connectivity index (χ4n) is 1.84. The highest BCUT2D eigenvalue weighted by Gasteiger charge is 2.14. The van der Waals surface area contributed by atoms with Crippen LogP contribution >= 0.6 is 0 Å². The lowest BCUT2D eigenvalue weighted by molar-refractivity contribution is -0.117. The Balaban J connectivity index is 2.78. The van der Waals surface area contributed by atoms with E-state index in [-0.39, 0.29) is 31.2 Å². The number of carbonyl (C=O) groups excluding carboxylic acids is 1. The van der Waals surface area contributed by atoms with Crippen LogP contribution in [0.2, 0.25) is 0 Å². The lowest BCUT2D eigenvalue weighted by Crippen LogP contribution is -2.41. The van der Waals surface area contributed by atoms with Crippen LogP contribution in [0, 0.1) is 0 Å². The molecule has 1 amide bonds. The van der Waals surface area contributed by atoms with Crippen LogP contribution in [0.15, 0.2) is 18.2 Å². The number of nitrogens with one attached hydrogen (secondary N) is 2. The molecule has 0 aliphatic rings. The van der Waals surface area contributed by atoms with Gasteiger partial charge in [0.1, 0.15) is 0 Å². The van der Waals surface area contributed by atoms with Crippen molar-refractivity contribution in [1.29, 1.82) is 0 Å². The van der Waals surface area contributed by atoms with Gasteiger partial charge in [-0.3, -0.25) is 4.79 Å². The number of aliphatic hydroxyl groups excluding tert-OH is 2. The maximum absolute atomic E-state index is 11.9. The third-order valence-electron chi connectivity index (χ3n) is 2.66. The van der Waals surface area contributed by atoms with E-state index in [0.717, 1.165) is 0 Å². The van der Waals surface area contributed by atoms with E-state index in [4.69, 9.17) is 10.2 Å². The molecule has 0 aliphatic carbocycles. The number of anilines is 1. The summed E-state index contributed by atoms with van der Waals surface area (Å²) in [5, 5.41) is 24.2. The smallest absolute Gasteiger partial charge is 0.241 e. The third-order valence-corrected chi connectivity index (χ3v) is 2.66. The highest BCUT2D eigenvalue weighted by molar-refractivity contribution is 5.94. The van der Waals surface area contributed by atoms with Crippen molar-refractivity contribution >= 4 is 11.6 Å². The fraction of sp³-hybridized carbons (Fsp3) is 0.500. The molecule has 5 heteroatoms. The summed E-state index contributed by atoms with van der Waals surface area (Å²) in [6, 6.07) is 5.00. The van der Waals surface area contributed by atoms with E-state index >= 15 is 0 Å². The minimum absolute atomic E-state index is 0.128. The van der Waals surface area contributed by atoms with Gasteiger partial charge in [-0.05, 0) is 30.2 Å². The number of aliphatic hydroxyl groups is 2. The molecule has 0 heterocycles. The Morgan fingerprint density at radius 1 is 1.11 bits per heavy atom. The average molecular weight is 266 g/mol. The van der Waals surface area contributed by atoms with E-state index in [0.29, 0.717) is 16.8 Å². The van der Waals surface area contributed by atoms with E-state index in [2.05, 4.69) is 10.6 Å². The summed E-state index contributed by atoms with van der Waals surface area (Å²) in [6.45, 7) is 5.48. The van der Waals surface area contributed by atoms with Crippen molar-refractivity contribution in [2.24, 2.45) is 0 Å². The first kappa shape index (κ1) is 15.6. The van der Waals surface area contributed by atoms with E-state index in [1.807, 2.05) is 13.8 Å². The van der Waals surface area contributed by atoms with Crippen molar-refractivity contribution in [2.75, 3.05) is 5.32 Å². The van der Waals surface area contributed by atoms with Gasteiger partial charge in [0.2, 0.25) is 5.91 Å². The topological polar surface area (TPSA) is 81.6 Å². The van der Waals surface area contributed by atoms with Crippen LogP contribution in [0.3, 0.4) is 0 Å². The van der Waals surface area contributed by atoms with E-state index in [1.54, 1.807) is 25.1 Å². The molecule has 0 radical (unpaired) electrons. The Kier molecular flexibility index (Phi) is 5.95. The molecule has 0 spiro atoms. The lowest BCUT2D eigenvalue weighted by Gasteiger charge is -2.17. The van der Waals surface area contributed by atoms with E-state index in [1.165, 1.54) is 0 Å². The third kappa shape index (κ3) is 4.98. The molecule has 106 valence electrons. The number of hydrogen-bond acceptors (Lipinski definition) is 4. The second kappa shape index (κ2) is 7.23. The van der Waals surface area contributed by atoms with Gasteiger partial charge in [0, 0.05) is 11.7 Å². The second-order valence-corrected chi connectivity index (χ2v) is 4.89. The van der Waals surface area contributed by atoms with Crippen molar-refractivity contribution < 1.29 is 15.0 Å². The molecular weight excluding hydrogens is 244 g/mol. The van der Waals surface area contributed by atoms with Crippen molar-refractivity contribution in [3.05, 3.63) is 29.3 Å². The summed E-state index contributed by atoms with van der Waals surface area (Å²) in [7, 11) is 0. The van der Waals surface area contributed by atoms with Gasteiger partial charge >= 0.3 is 0 Å². The number of amides is 1. The predicted molar refractivity (Wildman–Crippen MR) is 74.7 cm³/mol. The molecule has 1 rings (SSSR count). The highest BCUT2D eigenvalue weighted by atomic mass is 16.3. The van der Waals surface area contributed by atoms with Crippen LogP contribution in [0.1, 0.15) is 31.9 Å². The molecule has 4 N–H and O–H groups in total. The fourth-order valence-corrected chi connectivity index (χ4v) is 1.84. The maximum Gasteiger partial charge on any atom is 0.241 e. The van der Waals surface area contributed by atoms with Crippen molar-refractivity contribution in [3.63, 3.8) is 0 Å². The lowest BCUT2D eigenvalue weighted by atomic mass is 10.1. The van der Waals surface area contributed by atoms with Gasteiger partial charge in [-0.2, -0.15) is 0 Å². The van der Waals surface area contributed by atoms with Gasteiger partial charge in [0.05, 0.1) is 19.3 Å². The summed E-state index contributed by atoms with van der Waals surface area (Å²) >= 11 is 0. The standard InChI is InChI=1S/C14H22N2O3/c1-9(2)15-10(3)14(19)16-13-5-11(7-17)4-12(6-13)8-18/h4-6,9-10,15,17-18H,7-8H2,1-3H3,(H,16,19)/t10-/m0/s1. The molecule has 5 nitrogen and oxygen atoms in total. The van der Waals surface area contributed by atoms with Gasteiger partial charge in [-0.25, -0.2) is 0 Å². The normalized spacial score (nSPS) is 12.5. The molecule has 1 aromatic rings. The Hall–Kier alpha value is -1.43. The molecule has 0 aliphatic heterocycles. The van der Waals surface area contributed by atoms with Crippen LogP contribution in [0.4, 0.5) is 5.69 Å². The molecular formula is C14H22N2O3. The van der Waals surface area contributed by atoms with Crippen molar-refractivity contribution in [2.45, 2.75) is 46.1 Å². The van der Waals surface area contributed by atoms with E-state index < -0.39 is 0 Å². The number of hydrogen-bond donors (Lipinski definition) is 4. The first-order chi connectivity index (χ1) is 8.96. The van der Waals surface area contributed by atoms with Gasteiger partial charge in [-0.15, -0.1) is 0 Å². The number of carbonyl (C=O) groups is 1. The van der Waals surface area contributed by atoms with Gasteiger partial charge in [0.15, 0.2) is 0 Å². The van der Waals surface area contributed by atoms with Gasteiger partial charge < -0.3 is 20.8 Å². The molecule has 1 atom stereocenters. The number of rotatable bonds is 6. The van der Waals surface area contributed by atoms with E-state index in [9.17, 15) is 4.79 Å². The number of benzene rings is 1. The zero-order valence-electron chi connectivity index (χ0n) is 11.6. The minimum atomic E-state index is -0.310. The Morgan fingerprint density at radius 2 is 1.63 bits per heavy atom. The summed E-state index contributed by atoms with van der Waals surface area (Å²) in [5.74, 6) is -0.146. The van der Waals surface area contributed by atoms with Crippen LogP contribution in [0.5, 0.6) is 0 Å². The summed E-state index contributed by atoms with van der Waals surface area (Å²) in [6.07, 6.45) is 0. The maximum atomic E-state index is 11.9. The summed E-state index contributed by atoms with van der Waals surface area (Å²) < 4.78 is 0. The van der Waals surface area contributed by atoms with Crippen molar-refractivity contribution in [1.82, 2.24) is 5.32 Å². The molecule has 0 aromatic heterocycles. The molecule has 0 saturated carbocycles. The average Bonchev–Trinajstić information content (AvgIpc) is 2.37. The zero-order chi connectivity index (χ0) is 14.4. The molecule has 19 heavy (non-hydrogen) atoms. The van der Waals surface area contributed by atoms with Crippen LogP contribution < -0.4 is 10.6 Å². The molecule has 0 fully saturated rings. The summed E-state index contributed by atoms with van der Waals surface area (Å²) in [4.78, 5) is 11.9. The quantitative estimate of drug-likeness (QED) is 0.619. The minimum Gasteiger partial charge on any atom is -0.392 e. The van der Waals surface area contributed by atoms with Crippen molar-refractivity contribution in [3.8, 4) is 0 Å². The van der Waals surface area contributed by atoms with Crippen LogP contribution in [0.25, 0.3) is 0 Å². The van der Waals surface area contributed by atoms with Crippen LogP contribution in [-0.4, -0.2) is 28.2 Å². The Bertz CT molecular complexity index is 410. The zero-order valence-corrected chi connectivity index (χ0v) is 11.6. The Labute approximate surface area is 113 Å². The molecule has 1 aromatic carbocycles. The molecule has 0 unspecified atom stereocenters. The molecule has 0 saturated heterocycles. The predicted octanol–water partition coefficient (Wildman–Crippen LogP) is 0.996. The molecule has 0 bridgehead atoms. The van der Waals surface area contributed by atoms with Gasteiger partial charge in [-0.1, -0.05) is 19.9 Å². The summed E-state index contributed by atoms with van der Waals surface area (Å²) in [5.41, 5.74) is 1.90. The monoisotopic (exact) mass is 266 g/mol. The SMILES string of the molecule is CC(C)N[C@@H](C)C(=O)Nc1cc(CO)cc(CO)c1. The first-order valence-corrected chi connectivity index (χ1v) is 6.37. The second-order valence-electron chi connectivity index (χ2n) is 4.89. The van der Waals surface area contributed by atoms with Crippen LogP contribution in [-0.2, 0) is 18.0 Å². The first-order valence-electron chi connectivity index (χ1n) is 6.37. The Morgan fingerprint density at radius 3 is 2.05 bits per heavy atom.